The van der Waals surface area contributed by atoms with Crippen LogP contribution in [0.25, 0.3) is 22.5 Å². The number of nitrogens with zero attached hydrogens (tertiary/aromatic N) is 5. The normalized spacial score (nSPS) is 10.9. The van der Waals surface area contributed by atoms with E-state index in [0.29, 0.717) is 30.0 Å². The first-order chi connectivity index (χ1) is 23.1. The van der Waals surface area contributed by atoms with Crippen LogP contribution in [0.2, 0.25) is 0 Å². The van der Waals surface area contributed by atoms with E-state index in [1.165, 1.54) is 31.3 Å². The molecule has 1 N–H and O–H groups in total. The molecule has 0 aliphatic carbocycles. The van der Waals surface area contributed by atoms with Crippen LogP contribution in [0.1, 0.15) is 62.0 Å². The number of benzene rings is 2. The SMILES string of the molecule is C=CCc1c(-c2ccc(F)cc2)nc(N(C)S(C)(=O)=O)nc1C(C)C.C=CCc1c(-c2ccc(F)cc2)nc(NC)nc1C(C)C.ClCCl. The predicted octanol–water partition coefficient (Wildman–Crippen LogP) is 9.13. The van der Waals surface area contributed by atoms with Crippen LogP contribution in [0.3, 0.4) is 0 Å². The molecular weight excluding hydrogens is 689 g/mol. The molecule has 0 atom stereocenters. The Morgan fingerprint density at radius 2 is 1.16 bits per heavy atom. The summed E-state index contributed by atoms with van der Waals surface area (Å²) in [6, 6.07) is 12.3. The van der Waals surface area contributed by atoms with E-state index < -0.39 is 10.0 Å². The van der Waals surface area contributed by atoms with Crippen molar-refractivity contribution < 1.29 is 17.2 Å². The van der Waals surface area contributed by atoms with Crippen molar-refractivity contribution in [3.8, 4) is 22.5 Å². The Morgan fingerprint density at radius 1 is 0.776 bits per heavy atom. The van der Waals surface area contributed by atoms with Gasteiger partial charge in [-0.3, -0.25) is 0 Å². The molecule has 0 saturated carbocycles. The molecule has 4 aromatic rings. The van der Waals surface area contributed by atoms with E-state index in [1.54, 1.807) is 37.4 Å². The van der Waals surface area contributed by atoms with Crippen LogP contribution in [-0.2, 0) is 22.9 Å². The highest BCUT2D eigenvalue weighted by Crippen LogP contribution is 2.32. The molecule has 264 valence electrons. The topological polar surface area (TPSA) is 101 Å². The van der Waals surface area contributed by atoms with E-state index in [1.807, 2.05) is 19.9 Å². The summed E-state index contributed by atoms with van der Waals surface area (Å²) in [5, 5.41) is 3.19. The number of hydrogen-bond acceptors (Lipinski definition) is 7. The van der Waals surface area contributed by atoms with Gasteiger partial charge in [-0.15, -0.1) is 36.4 Å². The summed E-state index contributed by atoms with van der Waals surface area (Å²) in [5.41, 5.74) is 6.66. The zero-order valence-corrected chi connectivity index (χ0v) is 31.3. The Labute approximate surface area is 299 Å². The van der Waals surface area contributed by atoms with E-state index in [2.05, 4.69) is 52.3 Å². The minimum absolute atomic E-state index is 0.0591. The Hall–Kier alpha value is -3.93. The van der Waals surface area contributed by atoms with E-state index in [-0.39, 0.29) is 34.8 Å². The largest absolute Gasteiger partial charge is 0.357 e. The first kappa shape index (κ1) is 41.2. The third kappa shape index (κ3) is 11.6. The lowest BCUT2D eigenvalue weighted by Gasteiger charge is -2.21. The fraction of sp³-hybridized carbons (Fsp3) is 0.333. The Bertz CT molecular complexity index is 1800. The molecule has 49 heavy (non-hydrogen) atoms. The maximum absolute atomic E-state index is 13.3. The van der Waals surface area contributed by atoms with Crippen molar-refractivity contribution >= 4 is 45.1 Å². The second-order valence-electron chi connectivity index (χ2n) is 11.4. The van der Waals surface area contributed by atoms with Gasteiger partial charge in [0.05, 0.1) is 34.4 Å². The van der Waals surface area contributed by atoms with Crippen LogP contribution in [0.4, 0.5) is 20.7 Å². The monoisotopic (exact) mass is 732 g/mol. The minimum atomic E-state index is -3.50. The minimum Gasteiger partial charge on any atom is -0.357 e. The van der Waals surface area contributed by atoms with Gasteiger partial charge < -0.3 is 5.32 Å². The number of hydrogen-bond donors (Lipinski definition) is 1. The van der Waals surface area contributed by atoms with Crippen LogP contribution in [-0.4, -0.2) is 54.0 Å². The van der Waals surface area contributed by atoms with Gasteiger partial charge in [0.1, 0.15) is 11.6 Å². The van der Waals surface area contributed by atoms with Crippen molar-refractivity contribution in [2.24, 2.45) is 0 Å². The zero-order valence-electron chi connectivity index (χ0n) is 28.9. The number of rotatable bonds is 11. The number of aromatic nitrogens is 4. The van der Waals surface area contributed by atoms with Crippen LogP contribution in [0.5, 0.6) is 0 Å². The van der Waals surface area contributed by atoms with Gasteiger partial charge in [-0.1, -0.05) is 39.8 Å². The summed E-state index contributed by atoms with van der Waals surface area (Å²) in [6.45, 7) is 15.8. The lowest BCUT2D eigenvalue weighted by Crippen LogP contribution is -2.27. The predicted molar refractivity (Wildman–Crippen MR) is 200 cm³/mol. The van der Waals surface area contributed by atoms with Crippen LogP contribution in [0.15, 0.2) is 73.8 Å². The molecule has 0 aliphatic rings. The Morgan fingerprint density at radius 3 is 1.51 bits per heavy atom. The summed E-state index contributed by atoms with van der Waals surface area (Å²) < 4.78 is 51.3. The van der Waals surface area contributed by atoms with Crippen molar-refractivity contribution in [3.05, 3.63) is 108 Å². The third-order valence-electron chi connectivity index (χ3n) is 7.10. The summed E-state index contributed by atoms with van der Waals surface area (Å²) in [5.74, 6) is 0.402. The van der Waals surface area contributed by atoms with Crippen molar-refractivity contribution in [2.45, 2.75) is 52.4 Å². The maximum Gasteiger partial charge on any atom is 0.239 e. The van der Waals surface area contributed by atoms with Gasteiger partial charge >= 0.3 is 0 Å². The molecular formula is C36H44Cl2F2N6O2S. The molecule has 0 saturated heterocycles. The van der Waals surface area contributed by atoms with E-state index in [9.17, 15) is 17.2 Å². The molecule has 2 heterocycles. The lowest BCUT2D eigenvalue weighted by atomic mass is 9.96. The highest BCUT2D eigenvalue weighted by molar-refractivity contribution is 7.92. The molecule has 0 spiro atoms. The molecule has 0 amide bonds. The first-order valence-electron chi connectivity index (χ1n) is 15.4. The van der Waals surface area contributed by atoms with Gasteiger partial charge in [0.15, 0.2) is 0 Å². The van der Waals surface area contributed by atoms with E-state index in [4.69, 9.17) is 23.2 Å². The molecule has 4 rings (SSSR count). The Kier molecular flexibility index (Phi) is 16.3. The quantitative estimate of drug-likeness (QED) is 0.121. The molecule has 0 radical (unpaired) electrons. The molecule has 8 nitrogen and oxygen atoms in total. The second-order valence-corrected chi connectivity index (χ2v) is 14.2. The number of sulfonamides is 1. The summed E-state index contributed by atoms with van der Waals surface area (Å²) in [6.07, 6.45) is 5.90. The van der Waals surface area contributed by atoms with Gasteiger partial charge in [0.25, 0.3) is 0 Å². The standard InChI is InChI=1S/C18H22FN3O2S.C17H20FN3.CH2Cl2/c1-6-7-15-16(12(2)3)20-18(22(4)25(5,23)24)21-17(15)13-8-10-14(19)11-9-13;1-5-6-14-15(11(2)3)20-17(19-4)21-16(14)12-7-9-13(18)10-8-12;2-1-3/h6,8-12H,1,7H2,2-5H3;5,7-11H,1,6H2,2-4H3,(H,19,20,21);1H2. The fourth-order valence-corrected chi connectivity index (χ4v) is 5.11. The molecule has 0 unspecified atom stereocenters. The van der Waals surface area contributed by atoms with Gasteiger partial charge in [0.2, 0.25) is 21.9 Å². The van der Waals surface area contributed by atoms with Crippen molar-refractivity contribution in [2.75, 3.05) is 35.3 Å². The molecule has 0 fully saturated rings. The van der Waals surface area contributed by atoms with E-state index in [0.717, 1.165) is 44.3 Å². The molecule has 13 heteroatoms. The average molecular weight is 734 g/mol. The number of anilines is 2. The van der Waals surface area contributed by atoms with Gasteiger partial charge in [0, 0.05) is 36.3 Å². The summed E-state index contributed by atoms with van der Waals surface area (Å²) in [7, 11) is -0.295. The molecule has 0 aliphatic heterocycles. The number of nitrogens with one attached hydrogen (secondary N) is 1. The molecule has 2 aromatic carbocycles. The maximum atomic E-state index is 13.3. The number of halogens is 4. The van der Waals surface area contributed by atoms with Crippen LogP contribution < -0.4 is 9.62 Å². The zero-order chi connectivity index (χ0) is 36.9. The Balaban J connectivity index is 0.000000319. The molecule has 0 bridgehead atoms. The van der Waals surface area contributed by atoms with Crippen LogP contribution >= 0.6 is 23.2 Å². The summed E-state index contributed by atoms with van der Waals surface area (Å²) >= 11 is 9.53. The number of alkyl halides is 2. The lowest BCUT2D eigenvalue weighted by molar-refractivity contribution is 0.599. The van der Waals surface area contributed by atoms with Crippen molar-refractivity contribution in [1.29, 1.82) is 0 Å². The third-order valence-corrected chi connectivity index (χ3v) is 8.25. The number of allylic oxidation sites excluding steroid dienone is 2. The summed E-state index contributed by atoms with van der Waals surface area (Å²) in [4.78, 5) is 18.1. The highest BCUT2D eigenvalue weighted by atomic mass is 35.5. The van der Waals surface area contributed by atoms with Crippen LogP contribution in [0, 0.1) is 11.6 Å². The first-order valence-corrected chi connectivity index (χ1v) is 18.3. The van der Waals surface area contributed by atoms with Crippen molar-refractivity contribution in [1.82, 2.24) is 19.9 Å². The van der Waals surface area contributed by atoms with Crippen molar-refractivity contribution in [3.63, 3.8) is 0 Å². The van der Waals surface area contributed by atoms with Gasteiger partial charge in [-0.2, -0.15) is 0 Å². The molecule has 2 aromatic heterocycles. The van der Waals surface area contributed by atoms with Gasteiger partial charge in [-0.25, -0.2) is 41.4 Å². The van der Waals surface area contributed by atoms with E-state index >= 15 is 0 Å². The highest BCUT2D eigenvalue weighted by Gasteiger charge is 2.22. The average Bonchev–Trinajstić information content (AvgIpc) is 3.05. The smallest absolute Gasteiger partial charge is 0.239 e. The second kappa shape index (κ2) is 19.3. The van der Waals surface area contributed by atoms with Gasteiger partial charge in [-0.05, 0) is 73.2 Å². The fourth-order valence-electron chi connectivity index (χ4n) is 4.73.